The molecule has 94 valence electrons. The Hall–Kier alpha value is -1.91. The van der Waals surface area contributed by atoms with Gasteiger partial charge in [0.05, 0.1) is 6.54 Å². The van der Waals surface area contributed by atoms with Crippen molar-refractivity contribution in [3.63, 3.8) is 0 Å². The van der Waals surface area contributed by atoms with Crippen LogP contribution in [0.3, 0.4) is 0 Å². The van der Waals surface area contributed by atoms with E-state index in [1.165, 1.54) is 0 Å². The fraction of sp³-hybridized carbons (Fsp3) is 0.462. The summed E-state index contributed by atoms with van der Waals surface area (Å²) in [6.45, 7) is 3.26. The van der Waals surface area contributed by atoms with Gasteiger partial charge in [0.25, 0.3) is 0 Å². The molecule has 0 aliphatic carbocycles. The summed E-state index contributed by atoms with van der Waals surface area (Å²) < 4.78 is 3.35. The fourth-order valence-electron chi connectivity index (χ4n) is 2.32. The summed E-state index contributed by atoms with van der Waals surface area (Å²) in [6, 6.07) is 3.95. The number of fused-ring (bicyclic) bond motifs is 1. The van der Waals surface area contributed by atoms with Gasteiger partial charge in [-0.1, -0.05) is 6.07 Å². The molecule has 0 atom stereocenters. The monoisotopic (exact) mass is 244 g/mol. The first kappa shape index (κ1) is 11.2. The third-order valence-electron chi connectivity index (χ3n) is 3.34. The van der Waals surface area contributed by atoms with Crippen molar-refractivity contribution in [2.24, 2.45) is 0 Å². The smallest absolute Gasteiger partial charge is 0.279 e. The molecule has 0 unspecified atom stereocenters. The van der Waals surface area contributed by atoms with Gasteiger partial charge in [-0.05, 0) is 31.4 Å². The third kappa shape index (κ3) is 1.96. The summed E-state index contributed by atoms with van der Waals surface area (Å²) in [4.78, 5) is 16.4. The van der Waals surface area contributed by atoms with Crippen LogP contribution in [0.15, 0.2) is 23.1 Å². The van der Waals surface area contributed by atoms with Crippen LogP contribution in [0.2, 0.25) is 0 Å². The van der Waals surface area contributed by atoms with E-state index < -0.39 is 0 Å². The largest absolute Gasteiger partial charge is 0.346 e. The molecule has 3 rings (SSSR count). The predicted molar refractivity (Wildman–Crippen MR) is 67.5 cm³/mol. The maximum atomic E-state index is 12.1. The Morgan fingerprint density at radius 3 is 2.94 bits per heavy atom. The van der Waals surface area contributed by atoms with E-state index in [9.17, 15) is 4.79 Å². The molecule has 0 spiro atoms. The molecule has 2 aromatic rings. The van der Waals surface area contributed by atoms with Crippen molar-refractivity contribution in [2.45, 2.75) is 39.3 Å². The number of aromatic nitrogens is 4. The molecule has 0 saturated carbocycles. The summed E-state index contributed by atoms with van der Waals surface area (Å²) in [5.41, 5.74) is 2.00. The molecular weight excluding hydrogens is 228 g/mol. The molecule has 0 fully saturated rings. The van der Waals surface area contributed by atoms with Crippen molar-refractivity contribution >= 4 is 0 Å². The molecule has 0 radical (unpaired) electrons. The average molecular weight is 244 g/mol. The second kappa shape index (κ2) is 4.40. The Balaban J connectivity index is 1.91. The van der Waals surface area contributed by atoms with Crippen LogP contribution < -0.4 is 5.69 Å². The second-order valence-electron chi connectivity index (χ2n) is 4.77. The van der Waals surface area contributed by atoms with Crippen LogP contribution in [0.1, 0.15) is 29.9 Å². The van der Waals surface area contributed by atoms with Gasteiger partial charge in [-0.2, -0.15) is 5.10 Å². The standard InChI is InChI=1S/C13H16N4O/c1-10-5-6-11(8-14-10)9-17-13(18)16-7-3-2-4-12(16)15-17/h5-6,8H,2-4,7,9H2,1H3. The maximum Gasteiger partial charge on any atom is 0.346 e. The average Bonchev–Trinajstić information content (AvgIpc) is 2.70. The first-order valence-corrected chi connectivity index (χ1v) is 6.32. The molecular formula is C13H16N4O. The van der Waals surface area contributed by atoms with E-state index >= 15 is 0 Å². The van der Waals surface area contributed by atoms with Gasteiger partial charge in [0.15, 0.2) is 0 Å². The Bertz CT molecular complexity index is 609. The lowest BCUT2D eigenvalue weighted by molar-refractivity contribution is 0.511. The molecule has 0 bridgehead atoms. The van der Waals surface area contributed by atoms with E-state index in [-0.39, 0.29) is 5.69 Å². The van der Waals surface area contributed by atoms with Crippen LogP contribution in [-0.2, 0) is 19.5 Å². The first-order chi connectivity index (χ1) is 8.74. The van der Waals surface area contributed by atoms with Crippen molar-refractivity contribution in [1.82, 2.24) is 19.3 Å². The van der Waals surface area contributed by atoms with Crippen LogP contribution >= 0.6 is 0 Å². The fourth-order valence-corrected chi connectivity index (χ4v) is 2.32. The van der Waals surface area contributed by atoms with Crippen molar-refractivity contribution in [3.05, 3.63) is 45.9 Å². The van der Waals surface area contributed by atoms with Crippen molar-refractivity contribution in [1.29, 1.82) is 0 Å². The van der Waals surface area contributed by atoms with Crippen LogP contribution in [-0.4, -0.2) is 19.3 Å². The number of rotatable bonds is 2. The lowest BCUT2D eigenvalue weighted by Gasteiger charge is -2.09. The molecule has 18 heavy (non-hydrogen) atoms. The van der Waals surface area contributed by atoms with Gasteiger partial charge < -0.3 is 0 Å². The SMILES string of the molecule is Cc1ccc(Cn2nc3n(c2=O)CCCC3)cn1. The first-order valence-electron chi connectivity index (χ1n) is 6.32. The summed E-state index contributed by atoms with van der Waals surface area (Å²) >= 11 is 0. The second-order valence-corrected chi connectivity index (χ2v) is 4.77. The molecule has 0 saturated heterocycles. The van der Waals surface area contributed by atoms with Gasteiger partial charge in [0.1, 0.15) is 5.82 Å². The highest BCUT2D eigenvalue weighted by molar-refractivity contribution is 5.13. The lowest BCUT2D eigenvalue weighted by atomic mass is 10.2. The van der Waals surface area contributed by atoms with Gasteiger partial charge >= 0.3 is 5.69 Å². The number of pyridine rings is 1. The van der Waals surface area contributed by atoms with Gasteiger partial charge in [0.2, 0.25) is 0 Å². The highest BCUT2D eigenvalue weighted by atomic mass is 16.2. The van der Waals surface area contributed by atoms with Crippen molar-refractivity contribution in [2.75, 3.05) is 0 Å². The Kier molecular flexibility index (Phi) is 2.74. The van der Waals surface area contributed by atoms with E-state index in [1.54, 1.807) is 15.4 Å². The van der Waals surface area contributed by atoms with E-state index in [0.717, 1.165) is 42.9 Å². The quantitative estimate of drug-likeness (QED) is 0.795. The highest BCUT2D eigenvalue weighted by Crippen LogP contribution is 2.10. The minimum atomic E-state index is 0.00488. The van der Waals surface area contributed by atoms with Crippen molar-refractivity contribution < 1.29 is 0 Å². The molecule has 3 heterocycles. The minimum absolute atomic E-state index is 0.00488. The number of hydrogen-bond acceptors (Lipinski definition) is 3. The zero-order valence-corrected chi connectivity index (χ0v) is 10.5. The normalized spacial score (nSPS) is 14.5. The minimum Gasteiger partial charge on any atom is -0.279 e. The van der Waals surface area contributed by atoms with Crippen LogP contribution in [0, 0.1) is 6.92 Å². The summed E-state index contributed by atoms with van der Waals surface area (Å²) in [7, 11) is 0. The molecule has 2 aromatic heterocycles. The molecule has 1 aliphatic rings. The van der Waals surface area contributed by atoms with Crippen LogP contribution in [0.25, 0.3) is 0 Å². The topological polar surface area (TPSA) is 52.7 Å². The van der Waals surface area contributed by atoms with E-state index in [1.807, 2.05) is 19.1 Å². The summed E-state index contributed by atoms with van der Waals surface area (Å²) in [5, 5.41) is 4.41. The zero-order chi connectivity index (χ0) is 12.5. The molecule has 0 amide bonds. The zero-order valence-electron chi connectivity index (χ0n) is 10.5. The lowest BCUT2D eigenvalue weighted by Crippen LogP contribution is -2.27. The maximum absolute atomic E-state index is 12.1. The molecule has 5 heteroatoms. The third-order valence-corrected chi connectivity index (χ3v) is 3.34. The van der Waals surface area contributed by atoms with E-state index in [4.69, 9.17) is 0 Å². The molecule has 0 N–H and O–H groups in total. The summed E-state index contributed by atoms with van der Waals surface area (Å²) in [6.07, 6.45) is 4.92. The van der Waals surface area contributed by atoms with Crippen LogP contribution in [0.5, 0.6) is 0 Å². The van der Waals surface area contributed by atoms with Gasteiger partial charge in [0, 0.05) is 24.9 Å². The van der Waals surface area contributed by atoms with E-state index in [0.29, 0.717) is 6.54 Å². The van der Waals surface area contributed by atoms with Gasteiger partial charge in [-0.3, -0.25) is 9.55 Å². The molecule has 5 nitrogen and oxygen atoms in total. The molecule has 0 aromatic carbocycles. The number of nitrogens with zero attached hydrogens (tertiary/aromatic N) is 4. The predicted octanol–water partition coefficient (Wildman–Crippen LogP) is 1.13. The Labute approximate surface area is 105 Å². The van der Waals surface area contributed by atoms with Crippen LogP contribution in [0.4, 0.5) is 0 Å². The highest BCUT2D eigenvalue weighted by Gasteiger charge is 2.16. The van der Waals surface area contributed by atoms with Gasteiger partial charge in [-0.15, -0.1) is 0 Å². The number of hydrogen-bond donors (Lipinski definition) is 0. The van der Waals surface area contributed by atoms with Gasteiger partial charge in [-0.25, -0.2) is 9.48 Å². The van der Waals surface area contributed by atoms with Crippen molar-refractivity contribution in [3.8, 4) is 0 Å². The Morgan fingerprint density at radius 1 is 1.33 bits per heavy atom. The summed E-state index contributed by atoms with van der Waals surface area (Å²) in [5.74, 6) is 0.923. The molecule has 1 aliphatic heterocycles. The number of aryl methyl sites for hydroxylation is 2. The Morgan fingerprint density at radius 2 is 2.22 bits per heavy atom. The van der Waals surface area contributed by atoms with E-state index in [2.05, 4.69) is 10.1 Å².